The summed E-state index contributed by atoms with van der Waals surface area (Å²) in [7, 11) is 0. The van der Waals surface area contributed by atoms with Gasteiger partial charge >= 0.3 is 6.36 Å². The molecule has 0 unspecified atom stereocenters. The van der Waals surface area contributed by atoms with Crippen molar-refractivity contribution < 1.29 is 22.7 Å². The minimum Gasteiger partial charge on any atom is -0.405 e. The third kappa shape index (κ3) is 3.60. The highest BCUT2D eigenvalue weighted by molar-refractivity contribution is 5.97. The highest BCUT2D eigenvalue weighted by Crippen LogP contribution is 2.27. The summed E-state index contributed by atoms with van der Waals surface area (Å²) in [4.78, 5) is 13.7. The van der Waals surface area contributed by atoms with Crippen LogP contribution in [0.25, 0.3) is 0 Å². The van der Waals surface area contributed by atoms with Gasteiger partial charge in [-0.15, -0.1) is 13.2 Å². The number of hydrogen-bond donors (Lipinski definition) is 1. The number of rotatable bonds is 2. The van der Waals surface area contributed by atoms with Gasteiger partial charge in [-0.05, 0) is 12.1 Å². The lowest BCUT2D eigenvalue weighted by Crippen LogP contribution is -2.46. The molecule has 2 rings (SSSR count). The topological polar surface area (TPSA) is 41.6 Å². The van der Waals surface area contributed by atoms with Crippen molar-refractivity contribution >= 4 is 5.91 Å². The van der Waals surface area contributed by atoms with E-state index in [-0.39, 0.29) is 5.56 Å². The molecule has 1 aromatic carbocycles. The van der Waals surface area contributed by atoms with Gasteiger partial charge in [0.2, 0.25) is 0 Å². The molecule has 0 radical (unpaired) electrons. The monoisotopic (exact) mass is 274 g/mol. The van der Waals surface area contributed by atoms with Gasteiger partial charge < -0.3 is 15.0 Å². The van der Waals surface area contributed by atoms with E-state index in [9.17, 15) is 18.0 Å². The van der Waals surface area contributed by atoms with Crippen LogP contribution in [0.5, 0.6) is 5.75 Å². The smallest absolute Gasteiger partial charge is 0.405 e. The van der Waals surface area contributed by atoms with Gasteiger partial charge in [0.15, 0.2) is 0 Å². The SMILES string of the molecule is O=C(c1ccccc1OC(F)(F)F)N1CCNCC1. The van der Waals surface area contributed by atoms with Crippen LogP contribution in [-0.2, 0) is 0 Å². The molecule has 1 N–H and O–H groups in total. The van der Waals surface area contributed by atoms with Crippen LogP contribution in [0.15, 0.2) is 24.3 Å². The van der Waals surface area contributed by atoms with Gasteiger partial charge in [0.1, 0.15) is 5.75 Å². The molecule has 1 saturated heterocycles. The number of nitrogens with zero attached hydrogens (tertiary/aromatic N) is 1. The molecule has 1 fully saturated rings. The fourth-order valence-corrected chi connectivity index (χ4v) is 1.90. The van der Waals surface area contributed by atoms with Crippen LogP contribution in [0.4, 0.5) is 13.2 Å². The van der Waals surface area contributed by atoms with Crippen molar-refractivity contribution in [2.45, 2.75) is 6.36 Å². The van der Waals surface area contributed by atoms with E-state index in [1.54, 1.807) is 0 Å². The summed E-state index contributed by atoms with van der Waals surface area (Å²) >= 11 is 0. The highest BCUT2D eigenvalue weighted by atomic mass is 19.4. The van der Waals surface area contributed by atoms with Crippen molar-refractivity contribution in [3.8, 4) is 5.75 Å². The lowest BCUT2D eigenvalue weighted by atomic mass is 10.1. The quantitative estimate of drug-likeness (QED) is 0.891. The minimum atomic E-state index is -4.81. The second kappa shape index (κ2) is 5.48. The average Bonchev–Trinajstić information content (AvgIpc) is 2.38. The molecule has 1 heterocycles. The summed E-state index contributed by atoms with van der Waals surface area (Å²) in [5.74, 6) is -0.903. The number of amides is 1. The Bertz CT molecular complexity index is 457. The number of benzene rings is 1. The van der Waals surface area contributed by atoms with E-state index in [4.69, 9.17) is 0 Å². The molecule has 1 aliphatic heterocycles. The third-order valence-electron chi connectivity index (χ3n) is 2.75. The molecule has 0 atom stereocenters. The normalized spacial score (nSPS) is 16.3. The number of para-hydroxylation sites is 1. The second-order valence-electron chi connectivity index (χ2n) is 4.09. The Labute approximate surface area is 108 Å². The van der Waals surface area contributed by atoms with Gasteiger partial charge in [0.25, 0.3) is 5.91 Å². The van der Waals surface area contributed by atoms with E-state index in [1.165, 1.54) is 23.1 Å². The molecule has 1 amide bonds. The van der Waals surface area contributed by atoms with E-state index in [1.807, 2.05) is 0 Å². The van der Waals surface area contributed by atoms with Gasteiger partial charge in [0, 0.05) is 26.2 Å². The van der Waals surface area contributed by atoms with E-state index in [0.717, 1.165) is 6.07 Å². The first-order valence-electron chi connectivity index (χ1n) is 5.82. The summed E-state index contributed by atoms with van der Waals surface area (Å²) in [5.41, 5.74) is -0.0678. The van der Waals surface area contributed by atoms with E-state index in [0.29, 0.717) is 26.2 Å². The highest BCUT2D eigenvalue weighted by Gasteiger charge is 2.33. The van der Waals surface area contributed by atoms with Gasteiger partial charge in [-0.3, -0.25) is 4.79 Å². The molecule has 0 aromatic heterocycles. The lowest BCUT2D eigenvalue weighted by Gasteiger charge is -2.28. The maximum atomic E-state index is 12.3. The number of halogens is 3. The molecule has 104 valence electrons. The van der Waals surface area contributed by atoms with Crippen molar-refractivity contribution in [2.24, 2.45) is 0 Å². The maximum Gasteiger partial charge on any atom is 0.573 e. The Balaban J connectivity index is 2.21. The Hall–Kier alpha value is -1.76. The number of nitrogens with one attached hydrogen (secondary N) is 1. The average molecular weight is 274 g/mol. The van der Waals surface area contributed by atoms with Crippen LogP contribution in [0.3, 0.4) is 0 Å². The predicted octanol–water partition coefficient (Wildman–Crippen LogP) is 1.63. The first-order valence-corrected chi connectivity index (χ1v) is 5.82. The summed E-state index contributed by atoms with van der Waals surface area (Å²) in [6, 6.07) is 5.39. The molecular formula is C12H13F3N2O2. The van der Waals surface area contributed by atoms with Crippen molar-refractivity contribution in [3.05, 3.63) is 29.8 Å². The van der Waals surface area contributed by atoms with Crippen molar-refractivity contribution in [3.63, 3.8) is 0 Å². The van der Waals surface area contributed by atoms with Crippen molar-refractivity contribution in [2.75, 3.05) is 26.2 Å². The lowest BCUT2D eigenvalue weighted by molar-refractivity contribution is -0.274. The Kier molecular flexibility index (Phi) is 3.94. The Morgan fingerprint density at radius 2 is 1.84 bits per heavy atom. The first kappa shape index (κ1) is 13.7. The molecule has 1 aromatic rings. The summed E-state index contributed by atoms with van der Waals surface area (Å²) in [5, 5.41) is 3.07. The maximum absolute atomic E-state index is 12.3. The Morgan fingerprint density at radius 3 is 2.47 bits per heavy atom. The first-order chi connectivity index (χ1) is 8.97. The fourth-order valence-electron chi connectivity index (χ4n) is 1.90. The molecule has 0 bridgehead atoms. The fraction of sp³-hybridized carbons (Fsp3) is 0.417. The number of carbonyl (C=O) groups excluding carboxylic acids is 1. The second-order valence-corrected chi connectivity index (χ2v) is 4.09. The van der Waals surface area contributed by atoms with E-state index < -0.39 is 18.0 Å². The molecule has 7 heteroatoms. The van der Waals surface area contributed by atoms with Gasteiger partial charge in [-0.1, -0.05) is 12.1 Å². The van der Waals surface area contributed by atoms with Gasteiger partial charge in [-0.25, -0.2) is 0 Å². The summed E-state index contributed by atoms with van der Waals surface area (Å²) in [6.45, 7) is 2.21. The number of carbonyl (C=O) groups is 1. The zero-order chi connectivity index (χ0) is 13.9. The molecule has 4 nitrogen and oxygen atoms in total. The molecular weight excluding hydrogens is 261 g/mol. The van der Waals surface area contributed by atoms with Crippen molar-refractivity contribution in [1.82, 2.24) is 10.2 Å². The van der Waals surface area contributed by atoms with Gasteiger partial charge in [0.05, 0.1) is 5.56 Å². The van der Waals surface area contributed by atoms with Crippen LogP contribution >= 0.6 is 0 Å². The predicted molar refractivity (Wildman–Crippen MR) is 61.9 cm³/mol. The number of piperazine rings is 1. The van der Waals surface area contributed by atoms with Crippen LogP contribution < -0.4 is 10.1 Å². The van der Waals surface area contributed by atoms with Crippen LogP contribution in [-0.4, -0.2) is 43.3 Å². The van der Waals surface area contributed by atoms with E-state index in [2.05, 4.69) is 10.1 Å². The zero-order valence-corrected chi connectivity index (χ0v) is 10.0. The summed E-state index contributed by atoms with van der Waals surface area (Å²) < 4.78 is 40.7. The zero-order valence-electron chi connectivity index (χ0n) is 10.0. The molecule has 0 saturated carbocycles. The number of ether oxygens (including phenoxy) is 1. The van der Waals surface area contributed by atoms with Crippen molar-refractivity contribution in [1.29, 1.82) is 0 Å². The summed E-state index contributed by atoms with van der Waals surface area (Å²) in [6.07, 6.45) is -4.81. The minimum absolute atomic E-state index is 0.0678. The molecule has 19 heavy (non-hydrogen) atoms. The third-order valence-corrected chi connectivity index (χ3v) is 2.75. The van der Waals surface area contributed by atoms with Crippen LogP contribution in [0, 0.1) is 0 Å². The van der Waals surface area contributed by atoms with Gasteiger partial charge in [-0.2, -0.15) is 0 Å². The largest absolute Gasteiger partial charge is 0.573 e. The number of hydrogen-bond acceptors (Lipinski definition) is 3. The van der Waals surface area contributed by atoms with E-state index >= 15 is 0 Å². The van der Waals surface area contributed by atoms with Crippen LogP contribution in [0.2, 0.25) is 0 Å². The van der Waals surface area contributed by atoms with Crippen LogP contribution in [0.1, 0.15) is 10.4 Å². The molecule has 0 aliphatic carbocycles. The standard InChI is InChI=1S/C12H13F3N2O2/c13-12(14,15)19-10-4-2-1-3-9(10)11(18)17-7-5-16-6-8-17/h1-4,16H,5-8H2. The molecule has 1 aliphatic rings. The molecule has 0 spiro atoms. The Morgan fingerprint density at radius 1 is 1.21 bits per heavy atom. The number of alkyl halides is 3.